The van der Waals surface area contributed by atoms with E-state index in [0.717, 1.165) is 24.0 Å². The van der Waals surface area contributed by atoms with Crippen LogP contribution in [0, 0.1) is 13.8 Å². The molecule has 2 heterocycles. The largest absolute Gasteiger partial charge is 0.459 e. The van der Waals surface area contributed by atoms with E-state index in [2.05, 4.69) is 10.6 Å². The maximum atomic E-state index is 13.7. The van der Waals surface area contributed by atoms with E-state index in [1.807, 2.05) is 62.4 Å². The zero-order valence-electron chi connectivity index (χ0n) is 20.5. The first-order valence-electron chi connectivity index (χ1n) is 12.1. The Morgan fingerprint density at radius 1 is 1.00 bits per heavy atom. The van der Waals surface area contributed by atoms with Crippen LogP contribution in [-0.2, 0) is 14.3 Å². The smallest absolute Gasteiger partial charge is 0.287 e. The molecule has 0 aliphatic carbocycles. The third-order valence-electron chi connectivity index (χ3n) is 6.05. The fourth-order valence-corrected chi connectivity index (χ4v) is 4.43. The minimum Gasteiger partial charge on any atom is -0.459 e. The molecule has 2 atom stereocenters. The Labute approximate surface area is 210 Å². The number of amides is 3. The summed E-state index contributed by atoms with van der Waals surface area (Å²) >= 11 is 0. The van der Waals surface area contributed by atoms with Crippen LogP contribution < -0.4 is 15.5 Å². The second-order valence-electron chi connectivity index (χ2n) is 8.96. The predicted molar refractivity (Wildman–Crippen MR) is 136 cm³/mol. The van der Waals surface area contributed by atoms with Gasteiger partial charge >= 0.3 is 0 Å². The molecule has 0 unspecified atom stereocenters. The van der Waals surface area contributed by atoms with Gasteiger partial charge in [-0.3, -0.25) is 19.3 Å². The topological polar surface area (TPSA) is 101 Å². The first kappa shape index (κ1) is 25.2. The van der Waals surface area contributed by atoms with E-state index in [1.54, 1.807) is 6.07 Å². The lowest BCUT2D eigenvalue weighted by Gasteiger charge is -2.32. The molecule has 8 nitrogen and oxygen atoms in total. The highest BCUT2D eigenvalue weighted by Gasteiger charge is 2.33. The molecule has 0 spiro atoms. The van der Waals surface area contributed by atoms with Crippen molar-refractivity contribution in [3.63, 3.8) is 0 Å². The summed E-state index contributed by atoms with van der Waals surface area (Å²) in [5.41, 5.74) is 3.14. The standard InChI is InChI=1S/C28H31N3O5/c1-19-14-20(2)16-22(15-19)31(25(32)18-30-27(33)24-11-7-13-36-24)26(21-8-4-3-5-9-21)28(34)29-17-23-10-6-12-35-23/h3-5,7-9,11,13-16,23,26H,6,10,12,17-18H2,1-2H3,(H,29,34)(H,30,33)/t23-,26+/m0/s1. The number of hydrogen-bond donors (Lipinski definition) is 2. The van der Waals surface area contributed by atoms with Gasteiger partial charge in [-0.1, -0.05) is 36.4 Å². The van der Waals surface area contributed by atoms with Crippen molar-refractivity contribution in [3.05, 3.63) is 89.4 Å². The molecule has 0 radical (unpaired) electrons. The average Bonchev–Trinajstić information content (AvgIpc) is 3.59. The molecule has 4 rings (SSSR count). The van der Waals surface area contributed by atoms with Crippen molar-refractivity contribution in [1.82, 2.24) is 10.6 Å². The van der Waals surface area contributed by atoms with Crippen LogP contribution in [0.2, 0.25) is 0 Å². The second kappa shape index (κ2) is 11.7. The van der Waals surface area contributed by atoms with Crippen LogP contribution >= 0.6 is 0 Å². The van der Waals surface area contributed by atoms with Crippen LogP contribution in [0.5, 0.6) is 0 Å². The van der Waals surface area contributed by atoms with E-state index in [0.29, 0.717) is 24.4 Å². The second-order valence-corrected chi connectivity index (χ2v) is 8.96. The summed E-state index contributed by atoms with van der Waals surface area (Å²) in [6.07, 6.45) is 3.20. The third-order valence-corrected chi connectivity index (χ3v) is 6.05. The first-order valence-corrected chi connectivity index (χ1v) is 12.1. The van der Waals surface area contributed by atoms with Gasteiger partial charge in [-0.2, -0.15) is 0 Å². The number of aryl methyl sites for hydroxylation is 2. The van der Waals surface area contributed by atoms with Crippen LogP contribution in [0.3, 0.4) is 0 Å². The molecule has 0 bridgehead atoms. The molecule has 8 heteroatoms. The summed E-state index contributed by atoms with van der Waals surface area (Å²) < 4.78 is 10.8. The molecule has 1 saturated heterocycles. The minimum atomic E-state index is -0.943. The molecule has 1 aliphatic rings. The lowest BCUT2D eigenvalue weighted by Crippen LogP contribution is -2.48. The van der Waals surface area contributed by atoms with Gasteiger partial charge in [0.05, 0.1) is 18.9 Å². The van der Waals surface area contributed by atoms with Gasteiger partial charge in [0.25, 0.3) is 5.91 Å². The van der Waals surface area contributed by atoms with Crippen molar-refractivity contribution in [2.24, 2.45) is 0 Å². The Hall–Kier alpha value is -3.91. The highest BCUT2D eigenvalue weighted by Crippen LogP contribution is 2.30. The van der Waals surface area contributed by atoms with Gasteiger partial charge in [0.15, 0.2) is 5.76 Å². The third kappa shape index (κ3) is 6.20. The molecule has 36 heavy (non-hydrogen) atoms. The predicted octanol–water partition coefficient (Wildman–Crippen LogP) is 3.70. The van der Waals surface area contributed by atoms with Crippen molar-refractivity contribution in [1.29, 1.82) is 0 Å². The van der Waals surface area contributed by atoms with E-state index in [9.17, 15) is 14.4 Å². The number of nitrogens with one attached hydrogen (secondary N) is 2. The number of carbonyl (C=O) groups excluding carboxylic acids is 3. The van der Waals surface area contributed by atoms with Gasteiger partial charge in [-0.05, 0) is 67.6 Å². The minimum absolute atomic E-state index is 0.0386. The number of furan rings is 1. The van der Waals surface area contributed by atoms with Gasteiger partial charge in [0.1, 0.15) is 6.04 Å². The SMILES string of the molecule is Cc1cc(C)cc(N(C(=O)CNC(=O)c2ccco2)[C@@H](C(=O)NC[C@@H]2CCCO2)c2ccccc2)c1. The molecule has 188 valence electrons. The van der Waals surface area contributed by atoms with Crippen molar-refractivity contribution in [2.45, 2.75) is 38.8 Å². The number of ether oxygens (including phenoxy) is 1. The van der Waals surface area contributed by atoms with Crippen LogP contribution in [0.4, 0.5) is 5.69 Å². The molecule has 1 fully saturated rings. The van der Waals surface area contributed by atoms with Crippen molar-refractivity contribution >= 4 is 23.4 Å². The molecular weight excluding hydrogens is 458 g/mol. The monoisotopic (exact) mass is 489 g/mol. The molecule has 3 amide bonds. The van der Waals surface area contributed by atoms with Crippen molar-refractivity contribution in [3.8, 4) is 0 Å². The van der Waals surface area contributed by atoms with Crippen LogP contribution in [-0.4, -0.2) is 43.5 Å². The van der Waals surface area contributed by atoms with Gasteiger partial charge < -0.3 is 19.8 Å². The lowest BCUT2D eigenvalue weighted by molar-refractivity contribution is -0.126. The van der Waals surface area contributed by atoms with Gasteiger partial charge in [0, 0.05) is 18.8 Å². The van der Waals surface area contributed by atoms with Gasteiger partial charge in [-0.15, -0.1) is 0 Å². The Morgan fingerprint density at radius 3 is 2.39 bits per heavy atom. The molecule has 3 aromatic rings. The average molecular weight is 490 g/mol. The molecular formula is C28H31N3O5. The van der Waals surface area contributed by atoms with E-state index in [1.165, 1.54) is 17.2 Å². The number of hydrogen-bond acceptors (Lipinski definition) is 5. The maximum absolute atomic E-state index is 13.7. The highest BCUT2D eigenvalue weighted by atomic mass is 16.5. The first-order chi connectivity index (χ1) is 17.4. The fourth-order valence-electron chi connectivity index (χ4n) is 4.43. The Morgan fingerprint density at radius 2 is 1.75 bits per heavy atom. The normalized spacial score (nSPS) is 15.8. The van der Waals surface area contributed by atoms with Crippen LogP contribution in [0.15, 0.2) is 71.3 Å². The molecule has 2 aromatic carbocycles. The highest BCUT2D eigenvalue weighted by molar-refractivity contribution is 6.04. The molecule has 2 N–H and O–H groups in total. The quantitative estimate of drug-likeness (QED) is 0.477. The van der Waals surface area contributed by atoms with Gasteiger partial charge in [-0.25, -0.2) is 0 Å². The van der Waals surface area contributed by atoms with Crippen LogP contribution in [0.1, 0.15) is 46.1 Å². The van der Waals surface area contributed by atoms with Crippen molar-refractivity contribution < 1.29 is 23.5 Å². The number of benzene rings is 2. The van der Waals surface area contributed by atoms with E-state index in [4.69, 9.17) is 9.15 Å². The van der Waals surface area contributed by atoms with E-state index < -0.39 is 17.9 Å². The summed E-state index contributed by atoms with van der Waals surface area (Å²) in [5, 5.41) is 5.60. The molecule has 1 aliphatic heterocycles. The lowest BCUT2D eigenvalue weighted by atomic mass is 10.0. The Kier molecular flexibility index (Phi) is 8.17. The molecule has 0 saturated carbocycles. The summed E-state index contributed by atoms with van der Waals surface area (Å²) in [5.74, 6) is -1.15. The fraction of sp³-hybridized carbons (Fsp3) is 0.321. The van der Waals surface area contributed by atoms with Crippen LogP contribution in [0.25, 0.3) is 0 Å². The summed E-state index contributed by atoms with van der Waals surface area (Å²) in [6, 6.07) is 17.1. The van der Waals surface area contributed by atoms with Crippen molar-refractivity contribution in [2.75, 3.05) is 24.6 Å². The van der Waals surface area contributed by atoms with Gasteiger partial charge in [0.2, 0.25) is 11.8 Å². The van der Waals surface area contributed by atoms with E-state index >= 15 is 0 Å². The summed E-state index contributed by atoms with van der Waals surface area (Å²) in [7, 11) is 0. The summed E-state index contributed by atoms with van der Waals surface area (Å²) in [6.45, 7) is 4.62. The number of nitrogens with zero attached hydrogens (tertiary/aromatic N) is 1. The summed E-state index contributed by atoms with van der Waals surface area (Å²) in [4.78, 5) is 41.2. The zero-order chi connectivity index (χ0) is 25.5. The Balaban J connectivity index is 1.66. The molecule has 1 aromatic heterocycles. The maximum Gasteiger partial charge on any atom is 0.287 e. The van der Waals surface area contributed by atoms with E-state index in [-0.39, 0.29) is 24.3 Å². The number of anilines is 1. The number of carbonyl (C=O) groups is 3. The number of rotatable bonds is 9. The zero-order valence-corrected chi connectivity index (χ0v) is 20.5. The Bertz CT molecular complexity index is 1170.